The number of nitrogens with zero attached hydrogens (tertiary/aromatic N) is 1. The largest absolute Gasteiger partial charge is 0.488 e. The van der Waals surface area contributed by atoms with Gasteiger partial charge >= 0.3 is 0 Å². The summed E-state index contributed by atoms with van der Waals surface area (Å²) in [7, 11) is 0. The lowest BCUT2D eigenvalue weighted by Gasteiger charge is -2.06. The van der Waals surface area contributed by atoms with Crippen molar-refractivity contribution in [3.05, 3.63) is 18.0 Å². The molecule has 1 fully saturated rings. The molecule has 0 aliphatic heterocycles. The lowest BCUT2D eigenvalue weighted by Crippen LogP contribution is -2.01. The SMILES string of the molecule is Nc1cnc(C=O)cc1OC1CC1. The van der Waals surface area contributed by atoms with Crippen LogP contribution in [0, 0.1) is 0 Å². The van der Waals surface area contributed by atoms with Crippen molar-refractivity contribution in [2.45, 2.75) is 18.9 Å². The molecule has 0 unspecified atom stereocenters. The number of aromatic nitrogens is 1. The predicted molar refractivity (Wildman–Crippen MR) is 47.7 cm³/mol. The third-order valence-corrected chi connectivity index (χ3v) is 1.85. The maximum atomic E-state index is 10.4. The Labute approximate surface area is 75.7 Å². The maximum Gasteiger partial charge on any atom is 0.168 e. The summed E-state index contributed by atoms with van der Waals surface area (Å²) in [5, 5.41) is 0. The molecular formula is C9H10N2O2. The van der Waals surface area contributed by atoms with Gasteiger partial charge in [-0.2, -0.15) is 0 Å². The second-order valence-electron chi connectivity index (χ2n) is 3.08. The van der Waals surface area contributed by atoms with Crippen molar-refractivity contribution < 1.29 is 9.53 Å². The molecule has 1 aromatic heterocycles. The number of hydrogen-bond acceptors (Lipinski definition) is 4. The Bertz CT molecular complexity index is 334. The molecule has 0 amide bonds. The van der Waals surface area contributed by atoms with Gasteiger partial charge in [0.25, 0.3) is 0 Å². The highest BCUT2D eigenvalue weighted by atomic mass is 16.5. The van der Waals surface area contributed by atoms with Gasteiger partial charge in [0.05, 0.1) is 18.0 Å². The van der Waals surface area contributed by atoms with Crippen LogP contribution in [0.4, 0.5) is 5.69 Å². The highest BCUT2D eigenvalue weighted by molar-refractivity contribution is 5.74. The first-order chi connectivity index (χ1) is 6.29. The van der Waals surface area contributed by atoms with E-state index in [-0.39, 0.29) is 6.10 Å². The van der Waals surface area contributed by atoms with Crippen LogP contribution in [0.3, 0.4) is 0 Å². The Balaban J connectivity index is 2.24. The standard InChI is InChI=1S/C9H10N2O2/c10-8-4-11-6(5-12)3-9(8)13-7-1-2-7/h3-5,7H,1-2,10H2. The Morgan fingerprint density at radius 2 is 2.38 bits per heavy atom. The fourth-order valence-electron chi connectivity index (χ4n) is 0.995. The molecule has 4 nitrogen and oxygen atoms in total. The Hall–Kier alpha value is -1.58. The summed E-state index contributed by atoms with van der Waals surface area (Å²) in [6.07, 6.45) is 4.54. The summed E-state index contributed by atoms with van der Waals surface area (Å²) in [5.74, 6) is 0.569. The van der Waals surface area contributed by atoms with Crippen LogP contribution >= 0.6 is 0 Å². The monoisotopic (exact) mass is 178 g/mol. The van der Waals surface area contributed by atoms with Gasteiger partial charge in [0.2, 0.25) is 0 Å². The van der Waals surface area contributed by atoms with Gasteiger partial charge in [-0.15, -0.1) is 0 Å². The van der Waals surface area contributed by atoms with Crippen LogP contribution < -0.4 is 10.5 Å². The Kier molecular flexibility index (Phi) is 1.88. The lowest BCUT2D eigenvalue weighted by atomic mass is 10.3. The van der Waals surface area contributed by atoms with Gasteiger partial charge < -0.3 is 10.5 Å². The lowest BCUT2D eigenvalue weighted by molar-refractivity contribution is 0.111. The molecule has 1 aliphatic carbocycles. The molecule has 0 saturated heterocycles. The van der Waals surface area contributed by atoms with Gasteiger partial charge in [0, 0.05) is 6.07 Å². The average molecular weight is 178 g/mol. The first-order valence-corrected chi connectivity index (χ1v) is 4.17. The highest BCUT2D eigenvalue weighted by Gasteiger charge is 2.24. The summed E-state index contributed by atoms with van der Waals surface area (Å²) in [6, 6.07) is 1.57. The van der Waals surface area contributed by atoms with E-state index in [9.17, 15) is 4.79 Å². The van der Waals surface area contributed by atoms with Gasteiger partial charge in [0.1, 0.15) is 11.4 Å². The van der Waals surface area contributed by atoms with E-state index in [0.717, 1.165) is 12.8 Å². The Morgan fingerprint density at radius 3 is 3.00 bits per heavy atom. The molecule has 0 radical (unpaired) electrons. The smallest absolute Gasteiger partial charge is 0.168 e. The molecule has 1 aromatic rings. The van der Waals surface area contributed by atoms with Crippen LogP contribution in [0.5, 0.6) is 5.75 Å². The van der Waals surface area contributed by atoms with Gasteiger partial charge in [-0.25, -0.2) is 0 Å². The van der Waals surface area contributed by atoms with Crippen molar-refractivity contribution in [3.8, 4) is 5.75 Å². The zero-order chi connectivity index (χ0) is 9.26. The first kappa shape index (κ1) is 8.04. The summed E-state index contributed by atoms with van der Waals surface area (Å²) < 4.78 is 5.47. The van der Waals surface area contributed by atoms with Crippen LogP contribution in [0.25, 0.3) is 0 Å². The fourth-order valence-corrected chi connectivity index (χ4v) is 0.995. The van der Waals surface area contributed by atoms with Gasteiger partial charge in [-0.05, 0) is 12.8 Å². The van der Waals surface area contributed by atoms with Crippen molar-refractivity contribution in [3.63, 3.8) is 0 Å². The number of nitrogens with two attached hydrogens (primary N) is 1. The summed E-state index contributed by atoms with van der Waals surface area (Å²) in [6.45, 7) is 0. The molecule has 0 aromatic carbocycles. The third-order valence-electron chi connectivity index (χ3n) is 1.85. The molecule has 0 bridgehead atoms. The van der Waals surface area contributed by atoms with Crippen LogP contribution in [0.2, 0.25) is 0 Å². The van der Waals surface area contributed by atoms with Crippen LogP contribution in [-0.2, 0) is 0 Å². The molecular weight excluding hydrogens is 168 g/mol. The Morgan fingerprint density at radius 1 is 1.62 bits per heavy atom. The number of anilines is 1. The average Bonchev–Trinajstić information content (AvgIpc) is 2.93. The predicted octanol–water partition coefficient (Wildman–Crippen LogP) is 1.02. The van der Waals surface area contributed by atoms with Gasteiger partial charge in [-0.3, -0.25) is 9.78 Å². The molecule has 1 saturated carbocycles. The second-order valence-corrected chi connectivity index (χ2v) is 3.08. The quantitative estimate of drug-likeness (QED) is 0.702. The molecule has 2 rings (SSSR count). The summed E-state index contributed by atoms with van der Waals surface area (Å²) in [4.78, 5) is 14.2. The summed E-state index contributed by atoms with van der Waals surface area (Å²) >= 11 is 0. The van der Waals surface area contributed by atoms with E-state index in [1.807, 2.05) is 0 Å². The molecule has 13 heavy (non-hydrogen) atoms. The van der Waals surface area contributed by atoms with E-state index in [1.54, 1.807) is 6.07 Å². The van der Waals surface area contributed by atoms with Crippen molar-refractivity contribution in [2.75, 3.05) is 5.73 Å². The highest BCUT2D eigenvalue weighted by Crippen LogP contribution is 2.30. The summed E-state index contributed by atoms with van der Waals surface area (Å²) in [5.41, 5.74) is 6.45. The number of carbonyl (C=O) groups is 1. The minimum atomic E-state index is 0.282. The minimum absolute atomic E-state index is 0.282. The number of hydrogen-bond donors (Lipinski definition) is 1. The van der Waals surface area contributed by atoms with Crippen molar-refractivity contribution in [1.82, 2.24) is 4.98 Å². The number of pyridine rings is 1. The second kappa shape index (κ2) is 3.05. The molecule has 0 atom stereocenters. The van der Waals surface area contributed by atoms with E-state index < -0.39 is 0 Å². The van der Waals surface area contributed by atoms with E-state index >= 15 is 0 Å². The van der Waals surface area contributed by atoms with E-state index in [0.29, 0.717) is 23.4 Å². The zero-order valence-electron chi connectivity index (χ0n) is 7.06. The van der Waals surface area contributed by atoms with Gasteiger partial charge in [-0.1, -0.05) is 0 Å². The van der Waals surface area contributed by atoms with Crippen molar-refractivity contribution >= 4 is 12.0 Å². The maximum absolute atomic E-state index is 10.4. The van der Waals surface area contributed by atoms with Crippen LogP contribution in [0.15, 0.2) is 12.3 Å². The van der Waals surface area contributed by atoms with Gasteiger partial charge in [0.15, 0.2) is 6.29 Å². The fraction of sp³-hybridized carbons (Fsp3) is 0.333. The first-order valence-electron chi connectivity index (χ1n) is 4.17. The number of nitrogen functional groups attached to an aromatic ring is 1. The van der Waals surface area contributed by atoms with Crippen LogP contribution in [-0.4, -0.2) is 17.4 Å². The normalized spacial score (nSPS) is 15.4. The van der Waals surface area contributed by atoms with Crippen molar-refractivity contribution in [1.29, 1.82) is 0 Å². The number of aldehydes is 1. The molecule has 2 N–H and O–H groups in total. The zero-order valence-corrected chi connectivity index (χ0v) is 7.06. The molecule has 4 heteroatoms. The molecule has 1 aliphatic rings. The topological polar surface area (TPSA) is 65.2 Å². The molecule has 1 heterocycles. The number of rotatable bonds is 3. The third kappa shape index (κ3) is 1.77. The minimum Gasteiger partial charge on any atom is -0.488 e. The van der Waals surface area contributed by atoms with E-state index in [2.05, 4.69) is 4.98 Å². The number of carbonyl (C=O) groups excluding carboxylic acids is 1. The van der Waals surface area contributed by atoms with Crippen LogP contribution in [0.1, 0.15) is 23.3 Å². The van der Waals surface area contributed by atoms with Crippen molar-refractivity contribution in [2.24, 2.45) is 0 Å². The van der Waals surface area contributed by atoms with E-state index in [1.165, 1.54) is 6.20 Å². The molecule has 68 valence electrons. The molecule has 0 spiro atoms. The van der Waals surface area contributed by atoms with E-state index in [4.69, 9.17) is 10.5 Å². The number of ether oxygens (including phenoxy) is 1.